The molecule has 128 valence electrons. The smallest absolute Gasteiger partial charge is 0.295 e. The fourth-order valence-corrected chi connectivity index (χ4v) is 4.85. The second-order valence-electron chi connectivity index (χ2n) is 5.87. The number of ketones is 1. The predicted molar refractivity (Wildman–Crippen MR) is 87.0 cm³/mol. The average molecular weight is 352 g/mol. The number of rotatable bonds is 4. The van der Waals surface area contributed by atoms with Crippen LogP contribution in [-0.4, -0.2) is 54.1 Å². The van der Waals surface area contributed by atoms with Crippen LogP contribution >= 0.6 is 0 Å². The molecule has 8 heteroatoms. The number of nitrogens with one attached hydrogen (secondary N) is 1. The van der Waals surface area contributed by atoms with Crippen molar-refractivity contribution in [2.75, 3.05) is 18.1 Å². The Kier molecular flexibility index (Phi) is 4.16. The van der Waals surface area contributed by atoms with Gasteiger partial charge in [-0.25, -0.2) is 12.8 Å². The summed E-state index contributed by atoms with van der Waals surface area (Å²) < 4.78 is 36.7. The SMILES string of the molecule is CCN(C(=O)C(=O)c1c[nH]c2ccc(F)cc12)C1CCS(=O)(=O)C1. The lowest BCUT2D eigenvalue weighted by Crippen LogP contribution is -2.44. The lowest BCUT2D eigenvalue weighted by Gasteiger charge is -2.25. The van der Waals surface area contributed by atoms with Crippen LogP contribution in [0.3, 0.4) is 0 Å². The van der Waals surface area contributed by atoms with Crippen molar-refractivity contribution in [1.82, 2.24) is 9.88 Å². The zero-order chi connectivity index (χ0) is 17.5. The molecule has 0 bridgehead atoms. The van der Waals surface area contributed by atoms with E-state index in [4.69, 9.17) is 0 Å². The summed E-state index contributed by atoms with van der Waals surface area (Å²) in [5.41, 5.74) is 0.646. The van der Waals surface area contributed by atoms with Gasteiger partial charge in [0.05, 0.1) is 17.1 Å². The maximum Gasteiger partial charge on any atom is 0.295 e. The molecule has 2 aromatic rings. The summed E-state index contributed by atoms with van der Waals surface area (Å²) in [6.07, 6.45) is 1.71. The number of amides is 1. The van der Waals surface area contributed by atoms with Gasteiger partial charge in [0.2, 0.25) is 0 Å². The lowest BCUT2D eigenvalue weighted by atomic mass is 10.1. The van der Waals surface area contributed by atoms with E-state index in [9.17, 15) is 22.4 Å². The molecule has 6 nitrogen and oxygen atoms in total. The lowest BCUT2D eigenvalue weighted by molar-refractivity contribution is -0.128. The molecular formula is C16H17FN2O4S. The number of aromatic nitrogens is 1. The number of nitrogens with zero attached hydrogens (tertiary/aromatic N) is 1. The highest BCUT2D eigenvalue weighted by atomic mass is 32.2. The van der Waals surface area contributed by atoms with Crippen LogP contribution in [0.2, 0.25) is 0 Å². The third kappa shape index (κ3) is 2.93. The number of carbonyl (C=O) groups excluding carboxylic acids is 2. The number of halogens is 1. The van der Waals surface area contributed by atoms with Crippen LogP contribution in [0, 0.1) is 5.82 Å². The number of hydrogen-bond acceptors (Lipinski definition) is 4. The van der Waals surface area contributed by atoms with Crippen molar-refractivity contribution in [3.8, 4) is 0 Å². The predicted octanol–water partition coefficient (Wildman–Crippen LogP) is 1.53. The highest BCUT2D eigenvalue weighted by Gasteiger charge is 2.36. The van der Waals surface area contributed by atoms with Crippen LogP contribution < -0.4 is 0 Å². The first kappa shape index (κ1) is 16.6. The van der Waals surface area contributed by atoms with Gasteiger partial charge in [0.25, 0.3) is 11.7 Å². The molecule has 0 aliphatic carbocycles. The van der Waals surface area contributed by atoms with Crippen molar-refractivity contribution >= 4 is 32.4 Å². The number of Topliss-reactive ketones (excluding diaryl/α,β-unsaturated/α-hetero) is 1. The van der Waals surface area contributed by atoms with E-state index in [1.807, 2.05) is 0 Å². The highest BCUT2D eigenvalue weighted by molar-refractivity contribution is 7.91. The van der Waals surface area contributed by atoms with E-state index < -0.39 is 33.4 Å². The average Bonchev–Trinajstić information content (AvgIpc) is 3.10. The Morgan fingerprint density at radius 3 is 2.75 bits per heavy atom. The van der Waals surface area contributed by atoms with E-state index in [1.54, 1.807) is 6.92 Å². The van der Waals surface area contributed by atoms with Crippen molar-refractivity contribution in [2.24, 2.45) is 0 Å². The van der Waals surface area contributed by atoms with Crippen LogP contribution in [0.25, 0.3) is 10.9 Å². The molecule has 2 heterocycles. The minimum Gasteiger partial charge on any atom is -0.360 e. The molecule has 1 N–H and O–H groups in total. The Morgan fingerprint density at radius 1 is 1.38 bits per heavy atom. The van der Waals surface area contributed by atoms with Gasteiger partial charge in [0, 0.05) is 29.7 Å². The summed E-state index contributed by atoms with van der Waals surface area (Å²) >= 11 is 0. The molecule has 1 saturated heterocycles. The van der Waals surface area contributed by atoms with Gasteiger partial charge in [-0.05, 0) is 31.5 Å². The molecule has 1 fully saturated rings. The molecule has 0 spiro atoms. The Bertz CT molecular complexity index is 919. The number of aromatic amines is 1. The number of H-pyrrole nitrogens is 1. The van der Waals surface area contributed by atoms with Gasteiger partial charge < -0.3 is 9.88 Å². The first-order chi connectivity index (χ1) is 11.3. The van der Waals surface area contributed by atoms with Crippen molar-refractivity contribution < 1.29 is 22.4 Å². The minimum atomic E-state index is -3.16. The first-order valence-electron chi connectivity index (χ1n) is 7.64. The number of fused-ring (bicyclic) bond motifs is 1. The second-order valence-corrected chi connectivity index (χ2v) is 8.10. The maximum atomic E-state index is 13.4. The van der Waals surface area contributed by atoms with E-state index in [2.05, 4.69) is 4.98 Å². The van der Waals surface area contributed by atoms with Crippen molar-refractivity contribution in [3.05, 3.63) is 35.8 Å². The molecule has 3 rings (SSSR count). The molecule has 1 aromatic carbocycles. The molecule has 1 unspecified atom stereocenters. The van der Waals surface area contributed by atoms with Gasteiger partial charge in [-0.2, -0.15) is 0 Å². The van der Waals surface area contributed by atoms with Gasteiger partial charge in [-0.1, -0.05) is 0 Å². The summed E-state index contributed by atoms with van der Waals surface area (Å²) in [7, 11) is -3.16. The summed E-state index contributed by atoms with van der Waals surface area (Å²) in [5, 5.41) is 0.337. The minimum absolute atomic E-state index is 0.0218. The molecule has 1 aliphatic rings. The first-order valence-corrected chi connectivity index (χ1v) is 9.47. The van der Waals surface area contributed by atoms with E-state index in [0.717, 1.165) is 0 Å². The Balaban J connectivity index is 1.90. The monoisotopic (exact) mass is 352 g/mol. The molecule has 1 atom stereocenters. The molecule has 1 aliphatic heterocycles. The zero-order valence-corrected chi connectivity index (χ0v) is 13.9. The Labute approximate surface area is 138 Å². The van der Waals surface area contributed by atoms with Crippen LogP contribution in [-0.2, 0) is 14.6 Å². The van der Waals surface area contributed by atoms with E-state index in [0.29, 0.717) is 17.3 Å². The molecule has 1 amide bonds. The third-order valence-corrected chi connectivity index (χ3v) is 6.08. The van der Waals surface area contributed by atoms with E-state index in [1.165, 1.54) is 29.3 Å². The number of carbonyl (C=O) groups is 2. The highest BCUT2D eigenvalue weighted by Crippen LogP contribution is 2.23. The number of sulfone groups is 1. The number of hydrogen-bond donors (Lipinski definition) is 1. The third-order valence-electron chi connectivity index (χ3n) is 4.33. The van der Waals surface area contributed by atoms with Gasteiger partial charge in [0.15, 0.2) is 9.84 Å². The summed E-state index contributed by atoms with van der Waals surface area (Å²) in [4.78, 5) is 29.3. The van der Waals surface area contributed by atoms with Gasteiger partial charge in [-0.3, -0.25) is 9.59 Å². The van der Waals surface area contributed by atoms with Gasteiger partial charge in [0.1, 0.15) is 5.82 Å². The standard InChI is InChI=1S/C16H17FN2O4S/c1-2-19(11-5-6-24(22,23)9-11)16(21)15(20)13-8-18-14-4-3-10(17)7-12(13)14/h3-4,7-8,11,18H,2,5-6,9H2,1H3. The van der Waals surface area contributed by atoms with Gasteiger partial charge in [-0.15, -0.1) is 0 Å². The Hall–Kier alpha value is -2.22. The number of likely N-dealkylation sites (N-methyl/N-ethyl adjacent to an activating group) is 1. The summed E-state index contributed by atoms with van der Waals surface area (Å²) in [6, 6.07) is 3.46. The molecule has 0 saturated carbocycles. The second kappa shape index (κ2) is 6.01. The molecule has 0 radical (unpaired) electrons. The van der Waals surface area contributed by atoms with Crippen LogP contribution in [0.1, 0.15) is 23.7 Å². The fourth-order valence-electron chi connectivity index (χ4n) is 3.12. The quantitative estimate of drug-likeness (QED) is 0.668. The molecule has 24 heavy (non-hydrogen) atoms. The van der Waals surface area contributed by atoms with Crippen molar-refractivity contribution in [1.29, 1.82) is 0 Å². The molecule has 1 aromatic heterocycles. The van der Waals surface area contributed by atoms with Crippen LogP contribution in [0.5, 0.6) is 0 Å². The number of benzene rings is 1. The maximum absolute atomic E-state index is 13.4. The van der Waals surface area contributed by atoms with Crippen molar-refractivity contribution in [3.63, 3.8) is 0 Å². The summed E-state index contributed by atoms with van der Waals surface area (Å²) in [5.74, 6) is -2.13. The van der Waals surface area contributed by atoms with E-state index in [-0.39, 0.29) is 23.6 Å². The largest absolute Gasteiger partial charge is 0.360 e. The van der Waals surface area contributed by atoms with E-state index >= 15 is 0 Å². The normalized spacial score (nSPS) is 19.5. The van der Waals surface area contributed by atoms with Crippen molar-refractivity contribution in [2.45, 2.75) is 19.4 Å². The molecular weight excluding hydrogens is 335 g/mol. The van der Waals surface area contributed by atoms with Crippen LogP contribution in [0.15, 0.2) is 24.4 Å². The zero-order valence-electron chi connectivity index (χ0n) is 13.1. The topological polar surface area (TPSA) is 87.3 Å². The Morgan fingerprint density at radius 2 is 2.12 bits per heavy atom. The van der Waals surface area contributed by atoms with Crippen LogP contribution in [0.4, 0.5) is 4.39 Å². The van der Waals surface area contributed by atoms with Gasteiger partial charge >= 0.3 is 0 Å². The summed E-state index contributed by atoms with van der Waals surface area (Å²) in [6.45, 7) is 1.94. The fraction of sp³-hybridized carbons (Fsp3) is 0.375.